The van der Waals surface area contributed by atoms with Gasteiger partial charge in [0.2, 0.25) is 5.91 Å². The monoisotopic (exact) mass is 553 g/mol. The minimum Gasteiger partial charge on any atom is -0.491 e. The number of halogens is 1. The Morgan fingerprint density at radius 2 is 1.81 bits per heavy atom. The molecule has 3 rings (SSSR count). The van der Waals surface area contributed by atoms with Gasteiger partial charge >= 0.3 is 6.09 Å². The molecule has 3 aromatic rings. The molecule has 0 saturated carbocycles. The Morgan fingerprint density at radius 1 is 1.06 bits per heavy atom. The van der Waals surface area contributed by atoms with E-state index < -0.39 is 12.2 Å². The minimum absolute atomic E-state index is 0.125. The number of ether oxygens (including phenoxy) is 2. The average Bonchev–Trinajstić information content (AvgIpc) is 2.87. The van der Waals surface area contributed by atoms with E-state index in [4.69, 9.17) is 20.3 Å². The van der Waals surface area contributed by atoms with Crippen LogP contribution >= 0.6 is 15.9 Å². The first-order chi connectivity index (χ1) is 17.4. The summed E-state index contributed by atoms with van der Waals surface area (Å²) in [7, 11) is 0. The SMILES string of the molecule is C[C@H](/C=C/C(=O)Nc1ccccc1N)[C@@H](OC(=O)Nc1ccc(Br)cc1)c1cccc(OCCO)c1. The fourth-order valence-electron chi connectivity index (χ4n) is 3.34. The Morgan fingerprint density at radius 3 is 2.53 bits per heavy atom. The molecule has 0 heterocycles. The van der Waals surface area contributed by atoms with Gasteiger partial charge in [-0.1, -0.05) is 53.2 Å². The van der Waals surface area contributed by atoms with Crippen LogP contribution in [0, 0.1) is 5.92 Å². The lowest BCUT2D eigenvalue weighted by Crippen LogP contribution is -2.21. The minimum atomic E-state index is -0.732. The van der Waals surface area contributed by atoms with Crippen molar-refractivity contribution in [1.82, 2.24) is 0 Å². The van der Waals surface area contributed by atoms with Gasteiger partial charge in [0.15, 0.2) is 0 Å². The molecular weight excluding hydrogens is 526 g/mol. The smallest absolute Gasteiger partial charge is 0.412 e. The molecule has 0 aliphatic heterocycles. The molecule has 0 spiro atoms. The third kappa shape index (κ3) is 8.14. The number of nitrogen functional groups attached to an aromatic ring is 1. The Balaban J connectivity index is 1.77. The largest absolute Gasteiger partial charge is 0.491 e. The highest BCUT2D eigenvalue weighted by atomic mass is 79.9. The van der Waals surface area contributed by atoms with Crippen LogP contribution in [0.25, 0.3) is 0 Å². The maximum absolute atomic E-state index is 12.7. The molecule has 0 saturated heterocycles. The van der Waals surface area contributed by atoms with Gasteiger partial charge in [-0.2, -0.15) is 0 Å². The number of aliphatic hydroxyl groups is 1. The molecule has 188 valence electrons. The Kier molecular flexibility index (Phi) is 9.91. The van der Waals surface area contributed by atoms with Crippen molar-refractivity contribution >= 4 is 45.0 Å². The summed E-state index contributed by atoms with van der Waals surface area (Å²) in [5.74, 6) is -0.220. The first-order valence-corrected chi connectivity index (χ1v) is 12.1. The lowest BCUT2D eigenvalue weighted by atomic mass is 9.96. The molecule has 0 aliphatic carbocycles. The van der Waals surface area contributed by atoms with E-state index in [0.717, 1.165) is 4.47 Å². The van der Waals surface area contributed by atoms with E-state index in [-0.39, 0.29) is 25.0 Å². The zero-order valence-corrected chi connectivity index (χ0v) is 21.3. The molecule has 36 heavy (non-hydrogen) atoms. The lowest BCUT2D eigenvalue weighted by molar-refractivity contribution is -0.111. The number of amides is 2. The number of benzene rings is 3. The molecule has 0 unspecified atom stereocenters. The van der Waals surface area contributed by atoms with E-state index in [9.17, 15) is 9.59 Å². The molecule has 0 aromatic heterocycles. The third-order valence-corrected chi connectivity index (χ3v) is 5.65. The van der Waals surface area contributed by atoms with Gasteiger partial charge in [0.25, 0.3) is 0 Å². The highest BCUT2D eigenvalue weighted by Crippen LogP contribution is 2.30. The molecule has 3 aromatic carbocycles. The molecule has 9 heteroatoms. The molecule has 0 radical (unpaired) electrons. The Bertz CT molecular complexity index is 1200. The van der Waals surface area contributed by atoms with Gasteiger partial charge in [-0.25, -0.2) is 4.79 Å². The van der Waals surface area contributed by atoms with Crippen molar-refractivity contribution in [3.63, 3.8) is 0 Å². The summed E-state index contributed by atoms with van der Waals surface area (Å²) in [5, 5.41) is 14.5. The van der Waals surface area contributed by atoms with Gasteiger partial charge in [0.1, 0.15) is 18.5 Å². The van der Waals surface area contributed by atoms with Crippen LogP contribution in [0.5, 0.6) is 5.75 Å². The van der Waals surface area contributed by atoms with Gasteiger partial charge in [0.05, 0.1) is 18.0 Å². The number of carbonyl (C=O) groups is 2. The van der Waals surface area contributed by atoms with Crippen LogP contribution in [-0.2, 0) is 9.53 Å². The van der Waals surface area contributed by atoms with E-state index in [0.29, 0.717) is 28.4 Å². The number of rotatable bonds is 10. The van der Waals surface area contributed by atoms with Crippen LogP contribution in [0.2, 0.25) is 0 Å². The second kappa shape index (κ2) is 13.3. The van der Waals surface area contributed by atoms with Crippen LogP contribution in [0.4, 0.5) is 21.9 Å². The first-order valence-electron chi connectivity index (χ1n) is 11.3. The fourth-order valence-corrected chi connectivity index (χ4v) is 3.61. The normalized spacial score (nSPS) is 12.5. The number of hydrogen-bond donors (Lipinski definition) is 4. The predicted octanol–water partition coefficient (Wildman–Crippen LogP) is 5.52. The van der Waals surface area contributed by atoms with Crippen LogP contribution in [-0.4, -0.2) is 30.3 Å². The summed E-state index contributed by atoms with van der Waals surface area (Å²) < 4.78 is 12.2. The molecule has 8 nitrogen and oxygen atoms in total. The summed E-state index contributed by atoms with van der Waals surface area (Å²) in [6.07, 6.45) is 1.66. The summed E-state index contributed by atoms with van der Waals surface area (Å²) in [5.41, 5.74) is 8.10. The van der Waals surface area contributed by atoms with E-state index in [2.05, 4.69) is 26.6 Å². The van der Waals surface area contributed by atoms with Crippen molar-refractivity contribution in [3.05, 3.63) is 95.0 Å². The van der Waals surface area contributed by atoms with Crippen molar-refractivity contribution in [3.8, 4) is 5.75 Å². The number of nitrogens with one attached hydrogen (secondary N) is 2. The summed E-state index contributed by atoms with van der Waals surface area (Å²) in [6.45, 7) is 1.84. The maximum Gasteiger partial charge on any atom is 0.412 e. The Labute approximate surface area is 218 Å². The number of aliphatic hydroxyl groups excluding tert-OH is 1. The maximum atomic E-state index is 12.7. The predicted molar refractivity (Wildman–Crippen MR) is 144 cm³/mol. The molecule has 2 atom stereocenters. The number of para-hydroxylation sites is 2. The standard InChI is InChI=1S/C27H28BrN3O5/c1-18(9-14-25(33)31-24-8-3-2-7-23(24)29)26(19-5-4-6-22(17-19)35-16-15-32)36-27(34)30-21-12-10-20(28)11-13-21/h2-14,17-18,26,32H,15-16,29H2,1H3,(H,30,34)(H,31,33)/b14-9+/t18-,26-/m1/s1. The summed E-state index contributed by atoms with van der Waals surface area (Å²) in [4.78, 5) is 25.2. The van der Waals surface area contributed by atoms with Crippen LogP contribution in [0.15, 0.2) is 89.4 Å². The quantitative estimate of drug-likeness (QED) is 0.193. The second-order valence-corrected chi connectivity index (χ2v) is 8.81. The number of nitrogens with two attached hydrogens (primary N) is 1. The molecule has 5 N–H and O–H groups in total. The highest BCUT2D eigenvalue weighted by molar-refractivity contribution is 9.10. The van der Waals surface area contributed by atoms with Crippen molar-refractivity contribution in [2.24, 2.45) is 5.92 Å². The summed E-state index contributed by atoms with van der Waals surface area (Å²) >= 11 is 3.36. The van der Waals surface area contributed by atoms with Crippen molar-refractivity contribution in [1.29, 1.82) is 0 Å². The van der Waals surface area contributed by atoms with Gasteiger partial charge in [0, 0.05) is 16.1 Å². The topological polar surface area (TPSA) is 123 Å². The van der Waals surface area contributed by atoms with Gasteiger partial charge < -0.3 is 25.6 Å². The van der Waals surface area contributed by atoms with Crippen molar-refractivity contribution in [2.75, 3.05) is 29.6 Å². The van der Waals surface area contributed by atoms with E-state index >= 15 is 0 Å². The van der Waals surface area contributed by atoms with Crippen LogP contribution in [0.3, 0.4) is 0 Å². The van der Waals surface area contributed by atoms with Gasteiger partial charge in [-0.05, 0) is 60.2 Å². The second-order valence-electron chi connectivity index (χ2n) is 7.90. The summed E-state index contributed by atoms with van der Waals surface area (Å²) in [6, 6.07) is 21.1. The molecule has 0 fully saturated rings. The lowest BCUT2D eigenvalue weighted by Gasteiger charge is -2.23. The van der Waals surface area contributed by atoms with E-state index in [1.165, 1.54) is 6.08 Å². The first kappa shape index (κ1) is 26.8. The molecular formula is C27H28BrN3O5. The average molecular weight is 554 g/mol. The van der Waals surface area contributed by atoms with Gasteiger partial charge in [-0.15, -0.1) is 0 Å². The van der Waals surface area contributed by atoms with Crippen LogP contribution in [0.1, 0.15) is 18.6 Å². The highest BCUT2D eigenvalue weighted by Gasteiger charge is 2.23. The number of hydrogen-bond acceptors (Lipinski definition) is 6. The molecule has 0 bridgehead atoms. The Hall–Kier alpha value is -3.82. The number of anilines is 3. The zero-order valence-electron chi connectivity index (χ0n) is 19.7. The fraction of sp³-hybridized carbons (Fsp3) is 0.185. The van der Waals surface area contributed by atoms with Crippen LogP contribution < -0.4 is 21.1 Å². The zero-order chi connectivity index (χ0) is 25.9. The molecule has 2 amide bonds. The third-order valence-electron chi connectivity index (χ3n) is 5.12. The van der Waals surface area contributed by atoms with E-state index in [1.54, 1.807) is 78.9 Å². The van der Waals surface area contributed by atoms with Crippen molar-refractivity contribution < 1.29 is 24.2 Å². The van der Waals surface area contributed by atoms with E-state index in [1.807, 2.05) is 6.92 Å². The number of carbonyl (C=O) groups excluding carboxylic acids is 2. The molecule has 0 aliphatic rings. The van der Waals surface area contributed by atoms with Gasteiger partial charge in [-0.3, -0.25) is 10.1 Å². The van der Waals surface area contributed by atoms with Crippen molar-refractivity contribution in [2.45, 2.75) is 13.0 Å².